The minimum atomic E-state index is -5.55. The van der Waals surface area contributed by atoms with Gasteiger partial charge in [0.15, 0.2) is 0 Å². The fourth-order valence-corrected chi connectivity index (χ4v) is 3.97. The molecule has 0 aliphatic heterocycles. The molecule has 0 saturated carbocycles. The first kappa shape index (κ1) is 17.5. The van der Waals surface area contributed by atoms with E-state index in [0.29, 0.717) is 0 Å². The van der Waals surface area contributed by atoms with Crippen molar-refractivity contribution in [2.45, 2.75) is 51.0 Å². The standard InChI is InChI=1S/C10H19F3O3SSi/c1-6-9(18(3,4)5)7-8(2)16-17(14,15)10(11,12)13/h7,9H,6H2,1-5H3/b8-7+/t9-/m0/s1. The third kappa shape index (κ3) is 5.01. The Bertz CT molecular complexity index is 407. The van der Waals surface area contributed by atoms with Gasteiger partial charge in [-0.1, -0.05) is 33.0 Å². The molecule has 0 aromatic rings. The highest BCUT2D eigenvalue weighted by molar-refractivity contribution is 7.87. The van der Waals surface area contributed by atoms with Crippen LogP contribution < -0.4 is 0 Å². The molecule has 0 aliphatic rings. The molecule has 0 fully saturated rings. The van der Waals surface area contributed by atoms with Gasteiger partial charge in [0.05, 0.1) is 8.07 Å². The zero-order chi connectivity index (χ0) is 14.8. The lowest BCUT2D eigenvalue weighted by Gasteiger charge is -2.25. The molecular weight excluding hydrogens is 285 g/mol. The van der Waals surface area contributed by atoms with Crippen molar-refractivity contribution in [3.63, 3.8) is 0 Å². The van der Waals surface area contributed by atoms with Crippen LogP contribution in [0.1, 0.15) is 20.3 Å². The topological polar surface area (TPSA) is 43.4 Å². The highest BCUT2D eigenvalue weighted by Crippen LogP contribution is 2.30. The first-order chi connectivity index (χ1) is 7.81. The highest BCUT2D eigenvalue weighted by atomic mass is 32.2. The predicted octanol–water partition coefficient (Wildman–Crippen LogP) is 3.87. The first-order valence-electron chi connectivity index (χ1n) is 5.50. The molecule has 0 aliphatic carbocycles. The van der Waals surface area contributed by atoms with Crippen molar-refractivity contribution in [2.24, 2.45) is 0 Å². The van der Waals surface area contributed by atoms with Crippen LogP contribution in [0.3, 0.4) is 0 Å². The minimum absolute atomic E-state index is 0.0703. The molecule has 0 heterocycles. The van der Waals surface area contributed by atoms with Gasteiger partial charge in [0, 0.05) is 0 Å². The summed E-state index contributed by atoms with van der Waals surface area (Å²) in [7, 11) is -7.15. The summed E-state index contributed by atoms with van der Waals surface area (Å²) in [6.07, 6.45) is 2.22. The summed E-state index contributed by atoms with van der Waals surface area (Å²) in [5.41, 5.74) is -5.32. The van der Waals surface area contributed by atoms with Crippen molar-refractivity contribution in [3.8, 4) is 0 Å². The molecule has 8 heteroatoms. The van der Waals surface area contributed by atoms with Crippen LogP contribution in [-0.4, -0.2) is 22.0 Å². The second-order valence-electron chi connectivity index (χ2n) is 5.14. The largest absolute Gasteiger partial charge is 0.534 e. The average molecular weight is 304 g/mol. The van der Waals surface area contributed by atoms with Gasteiger partial charge in [0.2, 0.25) is 0 Å². The summed E-state index contributed by atoms with van der Waals surface area (Å²) in [6, 6.07) is 0. The number of hydrogen-bond acceptors (Lipinski definition) is 3. The Balaban J connectivity index is 5.04. The second-order valence-corrected chi connectivity index (χ2v) is 12.2. The van der Waals surface area contributed by atoms with E-state index in [1.54, 1.807) is 0 Å². The third-order valence-electron chi connectivity index (χ3n) is 2.51. The number of allylic oxidation sites excluding steroid dienone is 2. The lowest BCUT2D eigenvalue weighted by atomic mass is 10.3. The van der Waals surface area contributed by atoms with Crippen molar-refractivity contribution in [3.05, 3.63) is 11.8 Å². The molecule has 0 radical (unpaired) electrons. The van der Waals surface area contributed by atoms with Gasteiger partial charge >= 0.3 is 15.6 Å². The SMILES string of the molecule is CC[C@@H](/C=C(\C)OS(=O)(=O)C(F)(F)F)[Si](C)(C)C. The molecular formula is C10H19F3O3SSi. The van der Waals surface area contributed by atoms with E-state index < -0.39 is 23.7 Å². The van der Waals surface area contributed by atoms with E-state index in [0.717, 1.165) is 6.42 Å². The molecule has 0 amide bonds. The van der Waals surface area contributed by atoms with Gasteiger partial charge in [-0.2, -0.15) is 21.6 Å². The predicted molar refractivity (Wildman–Crippen MR) is 67.2 cm³/mol. The Hall–Kier alpha value is -0.503. The molecule has 0 bridgehead atoms. The van der Waals surface area contributed by atoms with Gasteiger partial charge in [-0.25, -0.2) is 0 Å². The summed E-state index contributed by atoms with van der Waals surface area (Å²) >= 11 is 0. The molecule has 0 saturated heterocycles. The van der Waals surface area contributed by atoms with E-state index in [9.17, 15) is 21.6 Å². The minimum Gasteiger partial charge on any atom is -0.381 e. The number of rotatable bonds is 5. The van der Waals surface area contributed by atoms with E-state index in [-0.39, 0.29) is 11.3 Å². The quantitative estimate of drug-likeness (QED) is 0.335. The number of alkyl halides is 3. The maximum absolute atomic E-state index is 12.1. The molecule has 18 heavy (non-hydrogen) atoms. The van der Waals surface area contributed by atoms with Crippen LogP contribution in [0, 0.1) is 0 Å². The van der Waals surface area contributed by atoms with Gasteiger partial charge in [-0.15, -0.1) is 0 Å². The zero-order valence-electron chi connectivity index (χ0n) is 11.1. The number of halogens is 3. The average Bonchev–Trinajstić information content (AvgIpc) is 2.09. The summed E-state index contributed by atoms with van der Waals surface area (Å²) in [6.45, 7) is 9.31. The highest BCUT2D eigenvalue weighted by Gasteiger charge is 2.48. The van der Waals surface area contributed by atoms with Crippen LogP contribution in [0.25, 0.3) is 0 Å². The van der Waals surface area contributed by atoms with E-state index in [2.05, 4.69) is 23.8 Å². The van der Waals surface area contributed by atoms with Crippen LogP contribution in [0.5, 0.6) is 0 Å². The van der Waals surface area contributed by atoms with Crippen LogP contribution in [-0.2, 0) is 14.3 Å². The molecule has 0 aromatic carbocycles. The molecule has 0 unspecified atom stereocenters. The Morgan fingerprint density at radius 2 is 1.78 bits per heavy atom. The molecule has 0 rings (SSSR count). The summed E-state index contributed by atoms with van der Waals surface area (Å²) in [4.78, 5) is 0. The van der Waals surface area contributed by atoms with Gasteiger partial charge in [-0.05, 0) is 18.5 Å². The van der Waals surface area contributed by atoms with Crippen LogP contribution in [0.4, 0.5) is 13.2 Å². The third-order valence-corrected chi connectivity index (χ3v) is 6.36. The Kier molecular flexibility index (Phi) is 5.49. The Morgan fingerprint density at radius 1 is 1.33 bits per heavy atom. The van der Waals surface area contributed by atoms with Crippen molar-refractivity contribution < 1.29 is 25.8 Å². The molecule has 0 N–H and O–H groups in total. The molecule has 1 atom stereocenters. The summed E-state index contributed by atoms with van der Waals surface area (Å²) in [5, 5.41) is 0. The van der Waals surface area contributed by atoms with Crippen molar-refractivity contribution in [1.82, 2.24) is 0 Å². The fraction of sp³-hybridized carbons (Fsp3) is 0.800. The van der Waals surface area contributed by atoms with Gasteiger partial charge in [0.1, 0.15) is 5.76 Å². The lowest BCUT2D eigenvalue weighted by Crippen LogP contribution is -2.28. The van der Waals surface area contributed by atoms with Gasteiger partial charge in [-0.3, -0.25) is 0 Å². The van der Waals surface area contributed by atoms with E-state index in [1.165, 1.54) is 13.0 Å². The maximum atomic E-state index is 12.1. The van der Waals surface area contributed by atoms with Crippen LogP contribution in [0.2, 0.25) is 25.2 Å². The Labute approximate surface area is 107 Å². The van der Waals surface area contributed by atoms with Gasteiger partial charge in [0.25, 0.3) is 0 Å². The maximum Gasteiger partial charge on any atom is 0.534 e. The zero-order valence-corrected chi connectivity index (χ0v) is 12.9. The molecule has 108 valence electrons. The lowest BCUT2D eigenvalue weighted by molar-refractivity contribution is -0.0521. The summed E-state index contributed by atoms with van der Waals surface area (Å²) < 4.78 is 62.0. The van der Waals surface area contributed by atoms with E-state index in [4.69, 9.17) is 0 Å². The van der Waals surface area contributed by atoms with Crippen molar-refractivity contribution >= 4 is 18.2 Å². The van der Waals surface area contributed by atoms with Gasteiger partial charge < -0.3 is 4.18 Å². The monoisotopic (exact) mass is 304 g/mol. The second kappa shape index (κ2) is 5.64. The molecule has 3 nitrogen and oxygen atoms in total. The van der Waals surface area contributed by atoms with Crippen molar-refractivity contribution in [2.75, 3.05) is 0 Å². The van der Waals surface area contributed by atoms with Crippen LogP contribution >= 0.6 is 0 Å². The summed E-state index contributed by atoms with van der Waals surface area (Å²) in [5.74, 6) is -0.221. The molecule has 0 aromatic heterocycles. The Morgan fingerprint density at radius 3 is 2.06 bits per heavy atom. The fourth-order valence-electron chi connectivity index (χ4n) is 1.51. The number of hydrogen-bond donors (Lipinski definition) is 0. The smallest absolute Gasteiger partial charge is 0.381 e. The van der Waals surface area contributed by atoms with Crippen molar-refractivity contribution in [1.29, 1.82) is 0 Å². The normalized spacial score (nSPS) is 16.6. The van der Waals surface area contributed by atoms with E-state index >= 15 is 0 Å². The van der Waals surface area contributed by atoms with Crippen LogP contribution in [0.15, 0.2) is 11.8 Å². The first-order valence-corrected chi connectivity index (χ1v) is 10.5. The molecule has 0 spiro atoms. The van der Waals surface area contributed by atoms with E-state index in [1.807, 2.05) is 6.92 Å².